The first-order chi connectivity index (χ1) is 14.5. The molecule has 0 saturated carbocycles. The standard InChI is InChI=1S/C24H30N4O2/c1-4-27(5-2)20(15-19-11-7-6-8-12-19)16-25-23(29)17-28-24(30)22-14-10-9-13-21(22)18(3)26-28/h6-14,20H,4-5,15-17H2,1-3H3,(H,25,29). The van der Waals surface area contributed by atoms with Crippen LogP contribution in [0.25, 0.3) is 10.8 Å². The van der Waals surface area contributed by atoms with E-state index < -0.39 is 0 Å². The van der Waals surface area contributed by atoms with Crippen LogP contribution in [0.2, 0.25) is 0 Å². The highest BCUT2D eigenvalue weighted by molar-refractivity contribution is 5.83. The summed E-state index contributed by atoms with van der Waals surface area (Å²) in [7, 11) is 0. The molecule has 30 heavy (non-hydrogen) atoms. The van der Waals surface area contributed by atoms with Gasteiger partial charge in [-0.1, -0.05) is 62.4 Å². The Labute approximate surface area is 177 Å². The number of nitrogens with zero attached hydrogens (tertiary/aromatic N) is 3. The minimum absolute atomic E-state index is 0.0825. The van der Waals surface area contributed by atoms with Crippen LogP contribution in [0.4, 0.5) is 0 Å². The number of rotatable bonds is 9. The minimum Gasteiger partial charge on any atom is -0.353 e. The highest BCUT2D eigenvalue weighted by Gasteiger charge is 2.18. The van der Waals surface area contributed by atoms with Gasteiger partial charge in [0.25, 0.3) is 5.56 Å². The first kappa shape index (κ1) is 21.7. The maximum Gasteiger partial charge on any atom is 0.275 e. The predicted molar refractivity (Wildman–Crippen MR) is 121 cm³/mol. The van der Waals surface area contributed by atoms with Gasteiger partial charge in [0.15, 0.2) is 0 Å². The number of aryl methyl sites for hydroxylation is 1. The van der Waals surface area contributed by atoms with Gasteiger partial charge in [-0.05, 0) is 38.1 Å². The van der Waals surface area contributed by atoms with Crippen molar-refractivity contribution in [1.29, 1.82) is 0 Å². The highest BCUT2D eigenvalue weighted by Crippen LogP contribution is 2.12. The SMILES string of the molecule is CCN(CC)C(CNC(=O)Cn1nc(C)c2ccccc2c1=O)Cc1ccccc1. The third kappa shape index (κ3) is 5.13. The van der Waals surface area contributed by atoms with Crippen LogP contribution in [-0.2, 0) is 17.8 Å². The molecule has 6 heteroatoms. The van der Waals surface area contributed by atoms with Gasteiger partial charge >= 0.3 is 0 Å². The third-order valence-electron chi connectivity index (χ3n) is 5.52. The monoisotopic (exact) mass is 406 g/mol. The molecule has 0 saturated heterocycles. The number of hydrogen-bond donors (Lipinski definition) is 1. The summed E-state index contributed by atoms with van der Waals surface area (Å²) < 4.78 is 1.26. The van der Waals surface area contributed by atoms with Crippen molar-refractivity contribution in [2.45, 2.75) is 39.8 Å². The van der Waals surface area contributed by atoms with Gasteiger partial charge in [-0.25, -0.2) is 4.68 Å². The van der Waals surface area contributed by atoms with Gasteiger partial charge in [-0.15, -0.1) is 0 Å². The number of likely N-dealkylation sites (N-methyl/N-ethyl adjacent to an activating group) is 1. The lowest BCUT2D eigenvalue weighted by Crippen LogP contribution is -2.46. The zero-order valence-electron chi connectivity index (χ0n) is 18.0. The van der Waals surface area contributed by atoms with E-state index in [0.29, 0.717) is 11.9 Å². The molecular formula is C24H30N4O2. The van der Waals surface area contributed by atoms with E-state index in [-0.39, 0.29) is 24.1 Å². The Bertz CT molecular complexity index is 1040. The molecule has 1 unspecified atom stereocenters. The van der Waals surface area contributed by atoms with Crippen molar-refractivity contribution in [3.05, 3.63) is 76.2 Å². The molecule has 2 aromatic carbocycles. The third-order valence-corrected chi connectivity index (χ3v) is 5.52. The fraction of sp³-hybridized carbons (Fsp3) is 0.375. The Balaban J connectivity index is 1.70. The van der Waals surface area contributed by atoms with Crippen LogP contribution in [0.3, 0.4) is 0 Å². The summed E-state index contributed by atoms with van der Waals surface area (Å²) >= 11 is 0. The minimum atomic E-state index is -0.240. The molecule has 6 nitrogen and oxygen atoms in total. The van der Waals surface area contributed by atoms with Crippen molar-refractivity contribution in [2.75, 3.05) is 19.6 Å². The lowest BCUT2D eigenvalue weighted by Gasteiger charge is -2.30. The van der Waals surface area contributed by atoms with Gasteiger partial charge < -0.3 is 5.32 Å². The van der Waals surface area contributed by atoms with Gasteiger partial charge in [0.2, 0.25) is 5.91 Å². The summed E-state index contributed by atoms with van der Waals surface area (Å²) in [5.41, 5.74) is 1.74. The van der Waals surface area contributed by atoms with Crippen LogP contribution in [0.1, 0.15) is 25.1 Å². The molecule has 3 aromatic rings. The molecular weight excluding hydrogens is 376 g/mol. The summed E-state index contributed by atoms with van der Waals surface area (Å²) in [6.07, 6.45) is 0.857. The molecule has 1 heterocycles. The van der Waals surface area contributed by atoms with E-state index in [1.165, 1.54) is 10.2 Å². The Hall–Kier alpha value is -2.99. The molecule has 0 aliphatic heterocycles. The topological polar surface area (TPSA) is 67.2 Å². The van der Waals surface area contributed by atoms with E-state index in [1.54, 1.807) is 6.07 Å². The fourth-order valence-electron chi connectivity index (χ4n) is 3.89. The molecule has 0 fully saturated rings. The average molecular weight is 407 g/mol. The molecule has 1 atom stereocenters. The van der Waals surface area contributed by atoms with Crippen molar-refractivity contribution >= 4 is 16.7 Å². The van der Waals surface area contributed by atoms with Crippen LogP contribution in [0, 0.1) is 6.92 Å². The summed E-state index contributed by atoms with van der Waals surface area (Å²) in [4.78, 5) is 27.7. The summed E-state index contributed by atoms with van der Waals surface area (Å²) in [6.45, 7) is 8.38. The van der Waals surface area contributed by atoms with Crippen LogP contribution in [0.5, 0.6) is 0 Å². The molecule has 0 spiro atoms. The number of nitrogens with one attached hydrogen (secondary N) is 1. The Morgan fingerprint density at radius 2 is 1.67 bits per heavy atom. The second kappa shape index (κ2) is 10.2. The van der Waals surface area contributed by atoms with Crippen LogP contribution in [0.15, 0.2) is 59.4 Å². The van der Waals surface area contributed by atoms with E-state index in [9.17, 15) is 9.59 Å². The summed E-state index contributed by atoms with van der Waals surface area (Å²) in [5, 5.41) is 8.76. The normalized spacial score (nSPS) is 12.3. The van der Waals surface area contributed by atoms with Gasteiger partial charge in [0.05, 0.1) is 11.1 Å². The second-order valence-corrected chi connectivity index (χ2v) is 7.46. The number of aromatic nitrogens is 2. The number of benzene rings is 2. The van der Waals surface area contributed by atoms with Crippen LogP contribution >= 0.6 is 0 Å². The van der Waals surface area contributed by atoms with Gasteiger partial charge in [-0.3, -0.25) is 14.5 Å². The molecule has 1 amide bonds. The lowest BCUT2D eigenvalue weighted by atomic mass is 10.0. The van der Waals surface area contributed by atoms with Crippen molar-refractivity contribution in [2.24, 2.45) is 0 Å². The Morgan fingerprint density at radius 3 is 2.33 bits per heavy atom. The zero-order valence-corrected chi connectivity index (χ0v) is 18.0. The largest absolute Gasteiger partial charge is 0.353 e. The Kier molecular flexibility index (Phi) is 7.36. The molecule has 158 valence electrons. The van der Waals surface area contributed by atoms with Crippen molar-refractivity contribution in [1.82, 2.24) is 20.0 Å². The van der Waals surface area contributed by atoms with E-state index in [1.807, 2.05) is 43.3 Å². The molecule has 0 aliphatic rings. The zero-order chi connectivity index (χ0) is 21.5. The predicted octanol–water partition coefficient (Wildman–Crippen LogP) is 2.77. The lowest BCUT2D eigenvalue weighted by molar-refractivity contribution is -0.122. The summed E-state index contributed by atoms with van der Waals surface area (Å²) in [5.74, 6) is -0.204. The van der Waals surface area contributed by atoms with E-state index in [2.05, 4.69) is 41.3 Å². The van der Waals surface area contributed by atoms with E-state index >= 15 is 0 Å². The molecule has 0 aliphatic carbocycles. The quantitative estimate of drug-likeness (QED) is 0.593. The molecule has 0 bridgehead atoms. The maximum atomic E-state index is 12.7. The number of hydrogen-bond acceptors (Lipinski definition) is 4. The van der Waals surface area contributed by atoms with Crippen molar-refractivity contribution in [3.8, 4) is 0 Å². The number of amides is 1. The summed E-state index contributed by atoms with van der Waals surface area (Å²) in [6, 6.07) is 17.8. The van der Waals surface area contributed by atoms with Crippen molar-refractivity contribution in [3.63, 3.8) is 0 Å². The van der Waals surface area contributed by atoms with Crippen molar-refractivity contribution < 1.29 is 4.79 Å². The fourth-order valence-corrected chi connectivity index (χ4v) is 3.89. The van der Waals surface area contributed by atoms with Crippen LogP contribution in [-0.4, -0.2) is 46.3 Å². The van der Waals surface area contributed by atoms with Gasteiger partial charge in [0, 0.05) is 18.0 Å². The van der Waals surface area contributed by atoms with Gasteiger partial charge in [0.1, 0.15) is 6.54 Å². The molecule has 1 aromatic heterocycles. The van der Waals surface area contributed by atoms with E-state index in [0.717, 1.165) is 30.6 Å². The number of carbonyl (C=O) groups is 1. The number of carbonyl (C=O) groups excluding carboxylic acids is 1. The number of fused-ring (bicyclic) bond motifs is 1. The Morgan fingerprint density at radius 1 is 1.03 bits per heavy atom. The molecule has 0 radical (unpaired) electrons. The van der Waals surface area contributed by atoms with Gasteiger partial charge in [-0.2, -0.15) is 5.10 Å². The molecule has 3 rings (SSSR count). The highest BCUT2D eigenvalue weighted by atomic mass is 16.2. The smallest absolute Gasteiger partial charge is 0.275 e. The average Bonchev–Trinajstić information content (AvgIpc) is 2.77. The van der Waals surface area contributed by atoms with Crippen LogP contribution < -0.4 is 10.9 Å². The first-order valence-electron chi connectivity index (χ1n) is 10.5. The maximum absolute atomic E-state index is 12.7. The molecule has 1 N–H and O–H groups in total. The first-order valence-corrected chi connectivity index (χ1v) is 10.5. The second-order valence-electron chi connectivity index (χ2n) is 7.46. The van der Waals surface area contributed by atoms with E-state index in [4.69, 9.17) is 0 Å².